The zero-order valence-electron chi connectivity index (χ0n) is 17.4. The number of para-hydroxylation sites is 1. The van der Waals surface area contributed by atoms with Gasteiger partial charge in [-0.15, -0.1) is 0 Å². The molecule has 0 aliphatic carbocycles. The molecular weight excluding hydrogens is 362 g/mol. The topological polar surface area (TPSA) is 40.5 Å². The van der Waals surface area contributed by atoms with Crippen molar-refractivity contribution in [2.24, 2.45) is 0 Å². The lowest BCUT2D eigenvalue weighted by atomic mass is 10.0. The molecule has 0 amide bonds. The number of carbonyl (C=O) groups excluding carboxylic acids is 1. The molecule has 29 heavy (non-hydrogen) atoms. The molecule has 0 spiro atoms. The van der Waals surface area contributed by atoms with Crippen molar-refractivity contribution in [3.63, 3.8) is 0 Å². The van der Waals surface area contributed by atoms with E-state index in [1.807, 2.05) is 6.92 Å². The third kappa shape index (κ3) is 4.38. The van der Waals surface area contributed by atoms with Crippen LogP contribution in [-0.2, 0) is 27.1 Å². The van der Waals surface area contributed by atoms with Crippen LogP contribution < -0.4 is 0 Å². The summed E-state index contributed by atoms with van der Waals surface area (Å²) in [6.45, 7) is 5.70. The van der Waals surface area contributed by atoms with Gasteiger partial charge in [0.15, 0.2) is 0 Å². The minimum absolute atomic E-state index is 0.0456. The molecule has 1 saturated heterocycles. The maximum absolute atomic E-state index is 11.5. The maximum atomic E-state index is 11.5. The molecule has 0 radical (unpaired) electrons. The Bertz CT molecular complexity index is 989. The number of nitrogens with zero attached hydrogens (tertiary/aromatic N) is 1. The fourth-order valence-electron chi connectivity index (χ4n) is 4.35. The summed E-state index contributed by atoms with van der Waals surface area (Å²) in [7, 11) is 0. The van der Waals surface area contributed by atoms with Gasteiger partial charge in [-0.05, 0) is 42.5 Å². The monoisotopic (exact) mass is 391 g/mol. The Balaban J connectivity index is 1.65. The highest BCUT2D eigenvalue weighted by Crippen LogP contribution is 2.34. The van der Waals surface area contributed by atoms with Crippen LogP contribution in [0.2, 0.25) is 0 Å². The van der Waals surface area contributed by atoms with Crippen LogP contribution in [0.15, 0.2) is 54.7 Å². The molecule has 1 aliphatic heterocycles. The minimum atomic E-state index is -0.226. The van der Waals surface area contributed by atoms with E-state index in [0.717, 1.165) is 24.8 Å². The molecule has 0 N–H and O–H groups in total. The Labute approximate surface area is 172 Å². The maximum Gasteiger partial charge on any atom is 0.302 e. The molecule has 3 atom stereocenters. The number of esters is 1. The van der Waals surface area contributed by atoms with Crippen molar-refractivity contribution in [3.8, 4) is 0 Å². The highest BCUT2D eigenvalue weighted by atomic mass is 16.6. The van der Waals surface area contributed by atoms with Crippen molar-refractivity contribution < 1.29 is 14.3 Å². The van der Waals surface area contributed by atoms with E-state index in [1.165, 1.54) is 29.0 Å². The number of fused-ring (bicyclic) bond motifs is 1. The Kier molecular flexibility index (Phi) is 5.72. The normalized spacial score (nSPS) is 22.0. The van der Waals surface area contributed by atoms with E-state index in [2.05, 4.69) is 66.2 Å². The first-order valence-corrected chi connectivity index (χ1v) is 10.5. The zero-order chi connectivity index (χ0) is 20.4. The predicted molar refractivity (Wildman–Crippen MR) is 115 cm³/mol. The highest BCUT2D eigenvalue weighted by molar-refractivity contribution is 5.84. The molecule has 4 heteroatoms. The summed E-state index contributed by atoms with van der Waals surface area (Å²) in [5.41, 5.74) is 5.11. The van der Waals surface area contributed by atoms with Crippen molar-refractivity contribution in [1.82, 2.24) is 4.57 Å². The summed E-state index contributed by atoms with van der Waals surface area (Å²) in [4.78, 5) is 11.5. The van der Waals surface area contributed by atoms with Crippen LogP contribution in [-0.4, -0.2) is 22.7 Å². The molecule has 4 nitrogen and oxygen atoms in total. The molecule has 1 aliphatic rings. The first-order chi connectivity index (χ1) is 14.0. The highest BCUT2D eigenvalue weighted by Gasteiger charge is 2.31. The Morgan fingerprint density at radius 2 is 1.83 bits per heavy atom. The lowest BCUT2D eigenvalue weighted by Crippen LogP contribution is -2.34. The quantitative estimate of drug-likeness (QED) is 0.545. The molecule has 1 fully saturated rings. The van der Waals surface area contributed by atoms with Gasteiger partial charge in [0.1, 0.15) is 12.3 Å². The summed E-state index contributed by atoms with van der Waals surface area (Å²) in [5.74, 6) is -0.226. The summed E-state index contributed by atoms with van der Waals surface area (Å²) in [6.07, 6.45) is 5.37. The van der Waals surface area contributed by atoms with Crippen LogP contribution in [0.25, 0.3) is 10.9 Å². The average Bonchev–Trinajstić information content (AvgIpc) is 3.06. The molecule has 4 rings (SSSR count). The first-order valence-electron chi connectivity index (χ1n) is 10.5. The van der Waals surface area contributed by atoms with Gasteiger partial charge in [0.05, 0.1) is 11.6 Å². The van der Waals surface area contributed by atoms with Crippen LogP contribution in [0.1, 0.15) is 56.5 Å². The fourth-order valence-corrected chi connectivity index (χ4v) is 4.35. The Morgan fingerprint density at radius 1 is 1.10 bits per heavy atom. The second kappa shape index (κ2) is 8.42. The lowest BCUT2D eigenvalue weighted by Gasteiger charge is -2.34. The summed E-state index contributed by atoms with van der Waals surface area (Å²) in [6, 6.07) is 17.3. The number of carbonyl (C=O) groups is 1. The number of hydrogen-bond acceptors (Lipinski definition) is 3. The smallest absolute Gasteiger partial charge is 0.302 e. The molecule has 152 valence electrons. The van der Waals surface area contributed by atoms with E-state index in [4.69, 9.17) is 9.47 Å². The van der Waals surface area contributed by atoms with Gasteiger partial charge in [0, 0.05) is 31.3 Å². The fraction of sp³-hybridized carbons (Fsp3) is 0.400. The first kappa shape index (κ1) is 19.7. The third-order valence-electron chi connectivity index (χ3n) is 5.74. The molecule has 2 heterocycles. The molecule has 3 aromatic rings. The van der Waals surface area contributed by atoms with E-state index >= 15 is 0 Å². The van der Waals surface area contributed by atoms with Crippen molar-refractivity contribution in [2.75, 3.05) is 0 Å². The SMILES string of the molecule is CCc1ccc(Cc2cn([C@H]3C[C@@H](OC(C)=O)C[C@@H](C)O3)c3ccccc23)cc1. The second-order valence-electron chi connectivity index (χ2n) is 8.03. The summed E-state index contributed by atoms with van der Waals surface area (Å²) >= 11 is 0. The summed E-state index contributed by atoms with van der Waals surface area (Å²) in [5, 5.41) is 1.25. The van der Waals surface area contributed by atoms with E-state index in [-0.39, 0.29) is 24.4 Å². The lowest BCUT2D eigenvalue weighted by molar-refractivity contribution is -0.164. The number of aromatic nitrogens is 1. The Hall–Kier alpha value is -2.59. The number of benzene rings is 2. The van der Waals surface area contributed by atoms with Crippen LogP contribution in [0.3, 0.4) is 0 Å². The van der Waals surface area contributed by atoms with Crippen molar-refractivity contribution in [1.29, 1.82) is 0 Å². The molecule has 0 bridgehead atoms. The van der Waals surface area contributed by atoms with Gasteiger partial charge in [0.25, 0.3) is 0 Å². The van der Waals surface area contributed by atoms with E-state index in [1.54, 1.807) is 0 Å². The molecule has 0 unspecified atom stereocenters. The zero-order valence-corrected chi connectivity index (χ0v) is 17.4. The average molecular weight is 392 g/mol. The van der Waals surface area contributed by atoms with E-state index in [9.17, 15) is 4.79 Å². The standard InChI is InChI=1S/C25H29NO3/c1-4-19-9-11-20(12-10-19)14-21-16-26(24-8-6-5-7-23(21)24)25-15-22(29-18(3)27)13-17(2)28-25/h5-12,16-17,22,25H,4,13-15H2,1-3H3/t17-,22+,25-/m1/s1. The van der Waals surface area contributed by atoms with Crippen LogP contribution in [0, 0.1) is 0 Å². The van der Waals surface area contributed by atoms with Gasteiger partial charge in [-0.25, -0.2) is 0 Å². The van der Waals surface area contributed by atoms with Crippen LogP contribution >= 0.6 is 0 Å². The Morgan fingerprint density at radius 3 is 2.55 bits per heavy atom. The van der Waals surface area contributed by atoms with Gasteiger partial charge >= 0.3 is 5.97 Å². The largest absolute Gasteiger partial charge is 0.462 e. The third-order valence-corrected chi connectivity index (χ3v) is 5.74. The van der Waals surface area contributed by atoms with Crippen LogP contribution in [0.4, 0.5) is 0 Å². The van der Waals surface area contributed by atoms with Gasteiger partial charge in [-0.1, -0.05) is 49.4 Å². The van der Waals surface area contributed by atoms with E-state index < -0.39 is 0 Å². The van der Waals surface area contributed by atoms with Crippen molar-refractivity contribution in [2.45, 2.75) is 64.9 Å². The predicted octanol–water partition coefficient (Wildman–Crippen LogP) is 5.42. The van der Waals surface area contributed by atoms with Crippen molar-refractivity contribution >= 4 is 16.9 Å². The van der Waals surface area contributed by atoms with Crippen LogP contribution in [0.5, 0.6) is 0 Å². The van der Waals surface area contributed by atoms with Gasteiger partial charge in [0.2, 0.25) is 0 Å². The second-order valence-corrected chi connectivity index (χ2v) is 8.03. The van der Waals surface area contributed by atoms with Gasteiger partial charge in [-0.2, -0.15) is 0 Å². The molecule has 0 saturated carbocycles. The number of aryl methyl sites for hydroxylation is 1. The number of hydrogen-bond donors (Lipinski definition) is 0. The van der Waals surface area contributed by atoms with Gasteiger partial charge < -0.3 is 14.0 Å². The number of rotatable bonds is 5. The van der Waals surface area contributed by atoms with Gasteiger partial charge in [-0.3, -0.25) is 4.79 Å². The van der Waals surface area contributed by atoms with E-state index in [0.29, 0.717) is 6.42 Å². The van der Waals surface area contributed by atoms with Crippen molar-refractivity contribution in [3.05, 3.63) is 71.4 Å². The number of ether oxygens (including phenoxy) is 2. The minimum Gasteiger partial charge on any atom is -0.462 e. The molecular formula is C25H29NO3. The molecule has 2 aromatic carbocycles. The molecule has 1 aromatic heterocycles. The summed E-state index contributed by atoms with van der Waals surface area (Å²) < 4.78 is 14.0.